The molecule has 0 spiro atoms. The van der Waals surface area contributed by atoms with Gasteiger partial charge in [-0.25, -0.2) is 0 Å². The van der Waals surface area contributed by atoms with Gasteiger partial charge < -0.3 is 10.6 Å². The first-order valence-electron chi connectivity index (χ1n) is 6.28. The fraction of sp³-hybridized carbons (Fsp3) is 0.500. The van der Waals surface area contributed by atoms with E-state index in [1.165, 1.54) is 0 Å². The SMILES string of the molecule is CN(C(=O)C1CCCCC1N)c1ccccc1. The van der Waals surface area contributed by atoms with Crippen LogP contribution >= 0.6 is 0 Å². The Morgan fingerprint density at radius 1 is 1.24 bits per heavy atom. The molecule has 2 rings (SSSR count). The molecule has 1 aliphatic rings. The summed E-state index contributed by atoms with van der Waals surface area (Å²) in [5, 5.41) is 0. The maximum atomic E-state index is 12.4. The normalized spacial score (nSPS) is 24.4. The van der Waals surface area contributed by atoms with Crippen molar-refractivity contribution < 1.29 is 4.79 Å². The summed E-state index contributed by atoms with van der Waals surface area (Å²) in [6.45, 7) is 0. The van der Waals surface area contributed by atoms with Crippen LogP contribution in [0.15, 0.2) is 30.3 Å². The number of hydrogen-bond donors (Lipinski definition) is 1. The van der Waals surface area contributed by atoms with Crippen molar-refractivity contribution >= 4 is 11.6 Å². The van der Waals surface area contributed by atoms with Crippen LogP contribution in [0.4, 0.5) is 5.69 Å². The van der Waals surface area contributed by atoms with E-state index >= 15 is 0 Å². The van der Waals surface area contributed by atoms with Crippen LogP contribution in [0.2, 0.25) is 0 Å². The molecular weight excluding hydrogens is 212 g/mol. The molecule has 1 aromatic carbocycles. The molecule has 1 aliphatic carbocycles. The van der Waals surface area contributed by atoms with Gasteiger partial charge in [-0.3, -0.25) is 4.79 Å². The number of amides is 1. The van der Waals surface area contributed by atoms with Crippen LogP contribution in [-0.4, -0.2) is 19.0 Å². The molecule has 92 valence electrons. The maximum absolute atomic E-state index is 12.4. The summed E-state index contributed by atoms with van der Waals surface area (Å²) in [5.41, 5.74) is 6.99. The van der Waals surface area contributed by atoms with Gasteiger partial charge in [0, 0.05) is 18.8 Å². The lowest BCUT2D eigenvalue weighted by Gasteiger charge is -2.31. The Bertz CT molecular complexity index is 377. The summed E-state index contributed by atoms with van der Waals surface area (Å²) in [7, 11) is 1.83. The Labute approximate surface area is 103 Å². The van der Waals surface area contributed by atoms with E-state index in [9.17, 15) is 4.79 Å². The lowest BCUT2D eigenvalue weighted by Crippen LogP contribution is -2.44. The Morgan fingerprint density at radius 2 is 1.88 bits per heavy atom. The molecule has 2 atom stereocenters. The minimum absolute atomic E-state index is 0.00560. The van der Waals surface area contributed by atoms with Crippen molar-refractivity contribution in [2.75, 3.05) is 11.9 Å². The number of hydrogen-bond acceptors (Lipinski definition) is 2. The van der Waals surface area contributed by atoms with Gasteiger partial charge >= 0.3 is 0 Å². The fourth-order valence-electron chi connectivity index (χ4n) is 2.49. The van der Waals surface area contributed by atoms with Crippen LogP contribution in [-0.2, 0) is 4.79 Å². The molecule has 0 aromatic heterocycles. The first-order valence-corrected chi connectivity index (χ1v) is 6.28. The number of para-hydroxylation sites is 1. The predicted molar refractivity (Wildman–Crippen MR) is 69.8 cm³/mol. The monoisotopic (exact) mass is 232 g/mol. The van der Waals surface area contributed by atoms with Gasteiger partial charge in [-0.2, -0.15) is 0 Å². The van der Waals surface area contributed by atoms with Gasteiger partial charge in [0.15, 0.2) is 0 Å². The van der Waals surface area contributed by atoms with Gasteiger partial charge in [0.2, 0.25) is 5.91 Å². The number of carbonyl (C=O) groups excluding carboxylic acids is 1. The molecule has 0 bridgehead atoms. The van der Waals surface area contributed by atoms with E-state index in [1.54, 1.807) is 4.90 Å². The van der Waals surface area contributed by atoms with Gasteiger partial charge in [0.25, 0.3) is 0 Å². The van der Waals surface area contributed by atoms with E-state index in [0.29, 0.717) is 0 Å². The molecule has 0 aliphatic heterocycles. The topological polar surface area (TPSA) is 46.3 Å². The molecule has 17 heavy (non-hydrogen) atoms. The number of nitrogens with two attached hydrogens (primary N) is 1. The van der Waals surface area contributed by atoms with E-state index in [1.807, 2.05) is 37.4 Å². The Balaban J connectivity index is 2.09. The van der Waals surface area contributed by atoms with Crippen molar-refractivity contribution in [2.45, 2.75) is 31.7 Å². The molecule has 2 N–H and O–H groups in total. The number of rotatable bonds is 2. The van der Waals surface area contributed by atoms with Crippen molar-refractivity contribution in [1.82, 2.24) is 0 Å². The molecule has 1 aromatic rings. The zero-order valence-electron chi connectivity index (χ0n) is 10.3. The van der Waals surface area contributed by atoms with Gasteiger partial charge in [0.05, 0.1) is 5.92 Å². The quantitative estimate of drug-likeness (QED) is 0.849. The molecule has 2 unspecified atom stereocenters. The molecule has 1 amide bonds. The van der Waals surface area contributed by atoms with Crippen molar-refractivity contribution in [3.05, 3.63) is 30.3 Å². The average molecular weight is 232 g/mol. The summed E-state index contributed by atoms with van der Waals surface area (Å²) in [4.78, 5) is 14.1. The van der Waals surface area contributed by atoms with Crippen LogP contribution < -0.4 is 10.6 Å². The van der Waals surface area contributed by atoms with E-state index in [-0.39, 0.29) is 17.9 Å². The van der Waals surface area contributed by atoms with Crippen LogP contribution in [0.5, 0.6) is 0 Å². The number of benzene rings is 1. The summed E-state index contributed by atoms with van der Waals surface area (Å²) in [5.74, 6) is 0.150. The lowest BCUT2D eigenvalue weighted by atomic mass is 9.84. The van der Waals surface area contributed by atoms with E-state index in [4.69, 9.17) is 5.73 Å². The van der Waals surface area contributed by atoms with Crippen molar-refractivity contribution in [3.8, 4) is 0 Å². The van der Waals surface area contributed by atoms with Crippen LogP contribution in [0, 0.1) is 5.92 Å². The molecule has 3 nitrogen and oxygen atoms in total. The first kappa shape index (κ1) is 12.1. The van der Waals surface area contributed by atoms with E-state index in [2.05, 4.69) is 0 Å². The van der Waals surface area contributed by atoms with Gasteiger partial charge in [-0.15, -0.1) is 0 Å². The van der Waals surface area contributed by atoms with E-state index in [0.717, 1.165) is 31.4 Å². The molecular formula is C14H20N2O. The minimum atomic E-state index is -0.00560. The maximum Gasteiger partial charge on any atom is 0.231 e. The molecule has 1 fully saturated rings. The predicted octanol–water partition coefficient (Wildman–Crippen LogP) is 2.17. The Hall–Kier alpha value is -1.35. The Kier molecular flexibility index (Phi) is 3.79. The van der Waals surface area contributed by atoms with E-state index < -0.39 is 0 Å². The molecule has 0 heterocycles. The third-order valence-electron chi connectivity index (χ3n) is 3.61. The largest absolute Gasteiger partial charge is 0.327 e. The van der Waals surface area contributed by atoms with Crippen LogP contribution in [0.25, 0.3) is 0 Å². The highest BCUT2D eigenvalue weighted by molar-refractivity contribution is 5.94. The molecule has 0 radical (unpaired) electrons. The highest BCUT2D eigenvalue weighted by atomic mass is 16.2. The van der Waals surface area contributed by atoms with Crippen molar-refractivity contribution in [2.24, 2.45) is 11.7 Å². The molecule has 1 saturated carbocycles. The van der Waals surface area contributed by atoms with Gasteiger partial charge in [-0.05, 0) is 25.0 Å². The summed E-state index contributed by atoms with van der Waals surface area (Å²) < 4.78 is 0. The third kappa shape index (κ3) is 2.67. The first-order chi connectivity index (χ1) is 8.20. The lowest BCUT2D eigenvalue weighted by molar-refractivity contribution is -0.123. The van der Waals surface area contributed by atoms with Gasteiger partial charge in [0.1, 0.15) is 0 Å². The second-order valence-electron chi connectivity index (χ2n) is 4.79. The van der Waals surface area contributed by atoms with Crippen molar-refractivity contribution in [3.63, 3.8) is 0 Å². The summed E-state index contributed by atoms with van der Waals surface area (Å²) in [6.07, 6.45) is 4.17. The van der Waals surface area contributed by atoms with Crippen molar-refractivity contribution in [1.29, 1.82) is 0 Å². The molecule has 3 heteroatoms. The second kappa shape index (κ2) is 5.32. The van der Waals surface area contributed by atoms with Crippen LogP contribution in [0.3, 0.4) is 0 Å². The number of nitrogens with zero attached hydrogens (tertiary/aromatic N) is 1. The standard InChI is InChI=1S/C14H20N2O/c1-16(11-7-3-2-4-8-11)14(17)12-9-5-6-10-13(12)15/h2-4,7-8,12-13H,5-6,9-10,15H2,1H3. The highest BCUT2D eigenvalue weighted by Gasteiger charge is 2.30. The number of anilines is 1. The summed E-state index contributed by atoms with van der Waals surface area (Å²) in [6, 6.07) is 9.77. The fourth-order valence-corrected chi connectivity index (χ4v) is 2.49. The third-order valence-corrected chi connectivity index (χ3v) is 3.61. The highest BCUT2D eigenvalue weighted by Crippen LogP contribution is 2.26. The zero-order valence-corrected chi connectivity index (χ0v) is 10.3. The van der Waals surface area contributed by atoms with Crippen LogP contribution in [0.1, 0.15) is 25.7 Å². The zero-order chi connectivity index (χ0) is 12.3. The smallest absolute Gasteiger partial charge is 0.231 e. The average Bonchev–Trinajstić information content (AvgIpc) is 2.39. The second-order valence-corrected chi connectivity index (χ2v) is 4.79. The number of carbonyl (C=O) groups is 1. The molecule has 0 saturated heterocycles. The minimum Gasteiger partial charge on any atom is -0.327 e. The van der Waals surface area contributed by atoms with Gasteiger partial charge in [-0.1, -0.05) is 31.0 Å². The Morgan fingerprint density at radius 3 is 2.53 bits per heavy atom. The summed E-state index contributed by atoms with van der Waals surface area (Å²) >= 11 is 0.